The van der Waals surface area contributed by atoms with Crippen LogP contribution in [0.1, 0.15) is 0 Å². The van der Waals surface area contributed by atoms with Crippen molar-refractivity contribution in [3.05, 3.63) is 28.6 Å². The Morgan fingerprint density at radius 3 is 2.73 bits per heavy atom. The van der Waals surface area contributed by atoms with Crippen LogP contribution in [-0.2, 0) is 0 Å². The van der Waals surface area contributed by atoms with E-state index in [0.717, 1.165) is 0 Å². The smallest absolute Gasteiger partial charge is 0.340 e. The number of methoxy groups -OCH3 is 1. The fourth-order valence-corrected chi connectivity index (χ4v) is 1.34. The van der Waals surface area contributed by atoms with Gasteiger partial charge in [0.25, 0.3) is 0 Å². The molecule has 0 saturated carbocycles. The molecule has 2 aromatic rings. The summed E-state index contributed by atoms with van der Waals surface area (Å²) in [6.07, 6.45) is 0. The highest BCUT2D eigenvalue weighted by Gasteiger charge is 2.12. The molecular formula is C10H8O5. The van der Waals surface area contributed by atoms with Crippen molar-refractivity contribution in [2.75, 3.05) is 7.11 Å². The first-order chi connectivity index (χ1) is 7.13. The molecule has 0 aliphatic rings. The lowest BCUT2D eigenvalue weighted by Gasteiger charge is -2.05. The van der Waals surface area contributed by atoms with Crippen molar-refractivity contribution in [2.24, 2.45) is 0 Å². The second kappa shape index (κ2) is 3.20. The van der Waals surface area contributed by atoms with E-state index in [4.69, 9.17) is 9.15 Å². The molecule has 0 spiro atoms. The molecule has 1 aromatic carbocycles. The number of ether oxygens (including phenoxy) is 1. The fourth-order valence-electron chi connectivity index (χ4n) is 1.34. The molecular weight excluding hydrogens is 200 g/mol. The summed E-state index contributed by atoms with van der Waals surface area (Å²) >= 11 is 0. The zero-order chi connectivity index (χ0) is 11.0. The lowest BCUT2D eigenvalue weighted by molar-refractivity contribution is 0.392. The van der Waals surface area contributed by atoms with Crippen LogP contribution in [0.5, 0.6) is 17.2 Å². The van der Waals surface area contributed by atoms with E-state index in [1.807, 2.05) is 0 Å². The lowest BCUT2D eigenvalue weighted by Crippen LogP contribution is -1.98. The van der Waals surface area contributed by atoms with Gasteiger partial charge in [0.2, 0.25) is 5.75 Å². The van der Waals surface area contributed by atoms with Crippen LogP contribution in [0.25, 0.3) is 11.0 Å². The van der Waals surface area contributed by atoms with Crippen LogP contribution in [0, 0.1) is 0 Å². The Balaban J connectivity index is 2.96. The molecule has 5 nitrogen and oxygen atoms in total. The number of rotatable bonds is 1. The summed E-state index contributed by atoms with van der Waals surface area (Å²) in [5, 5.41) is 19.1. The summed E-state index contributed by atoms with van der Waals surface area (Å²) in [6, 6.07) is 3.95. The van der Waals surface area contributed by atoms with Crippen molar-refractivity contribution in [3.8, 4) is 17.2 Å². The van der Waals surface area contributed by atoms with Crippen LogP contribution in [0.2, 0.25) is 0 Å². The Morgan fingerprint density at radius 1 is 1.33 bits per heavy atom. The van der Waals surface area contributed by atoms with Crippen molar-refractivity contribution in [2.45, 2.75) is 0 Å². The molecule has 0 saturated heterocycles. The van der Waals surface area contributed by atoms with Crippen molar-refractivity contribution >= 4 is 11.0 Å². The van der Waals surface area contributed by atoms with Gasteiger partial charge >= 0.3 is 5.63 Å². The summed E-state index contributed by atoms with van der Waals surface area (Å²) in [5.41, 5.74) is -0.736. The molecule has 0 aliphatic heterocycles. The van der Waals surface area contributed by atoms with E-state index in [1.54, 1.807) is 0 Å². The van der Waals surface area contributed by atoms with E-state index in [9.17, 15) is 15.0 Å². The molecule has 15 heavy (non-hydrogen) atoms. The first-order valence-electron chi connectivity index (χ1n) is 4.16. The maximum atomic E-state index is 11.1. The van der Waals surface area contributed by atoms with E-state index in [0.29, 0.717) is 5.39 Å². The first-order valence-corrected chi connectivity index (χ1v) is 4.16. The van der Waals surface area contributed by atoms with Gasteiger partial charge in [0.05, 0.1) is 18.6 Å². The van der Waals surface area contributed by atoms with Gasteiger partial charge in [-0.25, -0.2) is 4.79 Å². The van der Waals surface area contributed by atoms with Crippen molar-refractivity contribution in [3.63, 3.8) is 0 Å². The van der Waals surface area contributed by atoms with Gasteiger partial charge in [0.15, 0.2) is 11.3 Å². The third kappa shape index (κ3) is 1.38. The van der Waals surface area contributed by atoms with Gasteiger partial charge in [-0.05, 0) is 12.1 Å². The molecule has 5 heteroatoms. The summed E-state index contributed by atoms with van der Waals surface area (Å²) in [7, 11) is 1.40. The Hall–Kier alpha value is -2.17. The maximum Gasteiger partial charge on any atom is 0.340 e. The molecule has 2 N–H and O–H groups in total. The first kappa shape index (κ1) is 9.39. The summed E-state index contributed by atoms with van der Waals surface area (Å²) in [4.78, 5) is 11.1. The normalized spacial score (nSPS) is 10.5. The number of hydrogen-bond donors (Lipinski definition) is 2. The minimum absolute atomic E-state index is 0.0839. The third-order valence-electron chi connectivity index (χ3n) is 2.05. The van der Waals surface area contributed by atoms with Gasteiger partial charge < -0.3 is 19.4 Å². The number of hydrogen-bond acceptors (Lipinski definition) is 5. The molecule has 2 rings (SSSR count). The Kier molecular flexibility index (Phi) is 2.00. The molecule has 0 aliphatic carbocycles. The lowest BCUT2D eigenvalue weighted by atomic mass is 10.2. The van der Waals surface area contributed by atoms with Crippen LogP contribution in [0.3, 0.4) is 0 Å². The van der Waals surface area contributed by atoms with Crippen LogP contribution in [0.4, 0.5) is 0 Å². The maximum absolute atomic E-state index is 11.1. The van der Waals surface area contributed by atoms with Gasteiger partial charge in [-0.1, -0.05) is 0 Å². The van der Waals surface area contributed by atoms with E-state index in [1.165, 1.54) is 25.3 Å². The SMILES string of the molecule is COc1cc(=O)oc2c(O)c(O)ccc12. The minimum atomic E-state index is -0.653. The highest BCUT2D eigenvalue weighted by molar-refractivity contribution is 5.89. The average molecular weight is 208 g/mol. The summed E-state index contributed by atoms with van der Waals surface area (Å²) in [5.74, 6) is -0.529. The molecule has 78 valence electrons. The van der Waals surface area contributed by atoms with E-state index >= 15 is 0 Å². The van der Waals surface area contributed by atoms with Crippen LogP contribution in [0.15, 0.2) is 27.4 Å². The van der Waals surface area contributed by atoms with Crippen LogP contribution in [-0.4, -0.2) is 17.3 Å². The Labute approximate surface area is 84.1 Å². The van der Waals surface area contributed by atoms with Crippen LogP contribution < -0.4 is 10.4 Å². The molecule has 0 unspecified atom stereocenters. The molecule has 1 aromatic heterocycles. The standard InChI is InChI=1S/C10H8O5/c1-14-7-4-8(12)15-10-5(7)2-3-6(11)9(10)13/h2-4,11,13H,1H3. The highest BCUT2D eigenvalue weighted by atomic mass is 16.5. The molecule has 1 heterocycles. The summed E-state index contributed by atoms with van der Waals surface area (Å²) in [6.45, 7) is 0. The third-order valence-corrected chi connectivity index (χ3v) is 2.05. The number of fused-ring (bicyclic) bond motifs is 1. The van der Waals surface area contributed by atoms with E-state index in [-0.39, 0.29) is 17.1 Å². The van der Waals surface area contributed by atoms with Gasteiger partial charge in [-0.3, -0.25) is 0 Å². The fraction of sp³-hybridized carbons (Fsp3) is 0.100. The second-order valence-corrected chi connectivity index (χ2v) is 2.94. The minimum Gasteiger partial charge on any atom is -0.504 e. The number of phenols is 2. The molecule has 0 radical (unpaired) electrons. The van der Waals surface area contributed by atoms with Crippen molar-refractivity contribution in [1.29, 1.82) is 0 Å². The van der Waals surface area contributed by atoms with Crippen molar-refractivity contribution < 1.29 is 19.4 Å². The molecule has 0 bridgehead atoms. The quantitative estimate of drug-likeness (QED) is 0.544. The number of benzene rings is 1. The number of aromatic hydroxyl groups is 2. The van der Waals surface area contributed by atoms with E-state index < -0.39 is 11.4 Å². The van der Waals surface area contributed by atoms with Gasteiger partial charge in [-0.15, -0.1) is 0 Å². The van der Waals surface area contributed by atoms with Gasteiger partial charge in [-0.2, -0.15) is 0 Å². The monoisotopic (exact) mass is 208 g/mol. The predicted molar refractivity (Wildman–Crippen MR) is 52.4 cm³/mol. The second-order valence-electron chi connectivity index (χ2n) is 2.94. The van der Waals surface area contributed by atoms with Crippen molar-refractivity contribution in [1.82, 2.24) is 0 Å². The highest BCUT2D eigenvalue weighted by Crippen LogP contribution is 2.36. The van der Waals surface area contributed by atoms with Gasteiger partial charge in [0, 0.05) is 0 Å². The summed E-state index contributed by atoms with van der Waals surface area (Å²) < 4.78 is 9.72. The number of phenolic OH excluding ortho intramolecular Hbond substituents is 2. The molecule has 0 amide bonds. The van der Waals surface area contributed by atoms with Crippen LogP contribution >= 0.6 is 0 Å². The predicted octanol–water partition coefficient (Wildman–Crippen LogP) is 1.21. The Bertz CT molecular complexity index is 570. The zero-order valence-corrected chi connectivity index (χ0v) is 7.85. The van der Waals surface area contributed by atoms with E-state index in [2.05, 4.69) is 0 Å². The largest absolute Gasteiger partial charge is 0.504 e. The topological polar surface area (TPSA) is 79.9 Å². The zero-order valence-electron chi connectivity index (χ0n) is 7.85. The molecule has 0 fully saturated rings. The molecule has 0 atom stereocenters. The Morgan fingerprint density at radius 2 is 2.07 bits per heavy atom. The average Bonchev–Trinajstić information content (AvgIpc) is 2.23. The van der Waals surface area contributed by atoms with Gasteiger partial charge in [0.1, 0.15) is 5.75 Å².